The van der Waals surface area contributed by atoms with Gasteiger partial charge in [0.25, 0.3) is 0 Å². The molecule has 3 heterocycles. The third-order valence-electron chi connectivity index (χ3n) is 6.78. The van der Waals surface area contributed by atoms with E-state index < -0.39 is 10.0 Å². The van der Waals surface area contributed by atoms with Gasteiger partial charge in [0.05, 0.1) is 4.90 Å². The number of aryl methyl sites for hydroxylation is 1. The van der Waals surface area contributed by atoms with E-state index in [1.54, 1.807) is 55.7 Å². The van der Waals surface area contributed by atoms with Gasteiger partial charge in [-0.05, 0) is 74.4 Å². The molecular formula is C27H31FN8O2S. The topological polar surface area (TPSA) is 119 Å². The van der Waals surface area contributed by atoms with Gasteiger partial charge < -0.3 is 15.6 Å². The second-order valence-electron chi connectivity index (χ2n) is 9.57. The predicted octanol–water partition coefficient (Wildman–Crippen LogP) is 4.42. The molecule has 12 heteroatoms. The zero-order valence-corrected chi connectivity index (χ0v) is 22.6. The van der Waals surface area contributed by atoms with E-state index in [0.717, 1.165) is 44.0 Å². The number of sulfonamides is 1. The van der Waals surface area contributed by atoms with Crippen LogP contribution in [0.4, 0.5) is 27.5 Å². The first kappa shape index (κ1) is 26.7. The SMILES string of the molecule is Cc1ncc(CN2CCC(N(C)S(=O)(=O)c3ccc(Nc4nccc(Nc5ccc(F)cc5)n4)cc3)CC2)[nH]1. The Balaban J connectivity index is 1.18. The molecule has 0 spiro atoms. The van der Waals surface area contributed by atoms with Crippen molar-refractivity contribution >= 4 is 33.2 Å². The average molecular weight is 551 g/mol. The van der Waals surface area contributed by atoms with Crippen LogP contribution in [0.3, 0.4) is 0 Å². The number of nitrogens with one attached hydrogen (secondary N) is 3. The van der Waals surface area contributed by atoms with Crippen molar-refractivity contribution in [2.75, 3.05) is 30.8 Å². The normalized spacial score (nSPS) is 15.0. The maximum absolute atomic E-state index is 13.3. The molecule has 1 aliphatic rings. The van der Waals surface area contributed by atoms with Gasteiger partial charge in [0, 0.05) is 62.2 Å². The van der Waals surface area contributed by atoms with Crippen LogP contribution in [-0.4, -0.2) is 63.7 Å². The molecule has 39 heavy (non-hydrogen) atoms. The molecule has 0 saturated carbocycles. The summed E-state index contributed by atoms with van der Waals surface area (Å²) in [6, 6.07) is 14.2. The number of hydrogen-bond donors (Lipinski definition) is 3. The van der Waals surface area contributed by atoms with Crippen LogP contribution in [0, 0.1) is 12.7 Å². The summed E-state index contributed by atoms with van der Waals surface area (Å²) in [4.78, 5) is 18.7. The van der Waals surface area contributed by atoms with Gasteiger partial charge in [-0.3, -0.25) is 4.90 Å². The molecule has 0 unspecified atom stereocenters. The van der Waals surface area contributed by atoms with Gasteiger partial charge in [-0.25, -0.2) is 22.8 Å². The zero-order chi connectivity index (χ0) is 27.4. The van der Waals surface area contributed by atoms with Crippen LogP contribution in [0.15, 0.2) is 71.9 Å². The average Bonchev–Trinajstić information content (AvgIpc) is 3.35. The lowest BCUT2D eigenvalue weighted by atomic mass is 10.1. The number of nitrogens with zero attached hydrogens (tertiary/aromatic N) is 5. The number of piperidine rings is 1. The molecule has 3 N–H and O–H groups in total. The van der Waals surface area contributed by atoms with Crippen LogP contribution in [0.1, 0.15) is 24.4 Å². The van der Waals surface area contributed by atoms with Gasteiger partial charge >= 0.3 is 0 Å². The van der Waals surface area contributed by atoms with Crippen LogP contribution in [0.5, 0.6) is 0 Å². The number of anilines is 4. The third kappa shape index (κ3) is 6.59. The quantitative estimate of drug-likeness (QED) is 0.280. The molecule has 0 radical (unpaired) electrons. The van der Waals surface area contributed by atoms with E-state index in [0.29, 0.717) is 23.1 Å². The largest absolute Gasteiger partial charge is 0.345 e. The summed E-state index contributed by atoms with van der Waals surface area (Å²) in [6.45, 7) is 4.35. The van der Waals surface area contributed by atoms with Crippen molar-refractivity contribution < 1.29 is 12.8 Å². The van der Waals surface area contributed by atoms with E-state index in [-0.39, 0.29) is 16.8 Å². The smallest absolute Gasteiger partial charge is 0.243 e. The lowest BCUT2D eigenvalue weighted by molar-refractivity contribution is 0.162. The highest BCUT2D eigenvalue weighted by Gasteiger charge is 2.31. The molecular weight excluding hydrogens is 519 g/mol. The number of rotatable bonds is 9. The lowest BCUT2D eigenvalue weighted by Crippen LogP contribution is -2.45. The number of hydrogen-bond acceptors (Lipinski definition) is 8. The first-order valence-corrected chi connectivity index (χ1v) is 14.1. The van der Waals surface area contributed by atoms with Crippen molar-refractivity contribution in [2.24, 2.45) is 0 Å². The van der Waals surface area contributed by atoms with Crippen molar-refractivity contribution in [1.82, 2.24) is 29.1 Å². The summed E-state index contributed by atoms with van der Waals surface area (Å²) >= 11 is 0. The van der Waals surface area contributed by atoms with E-state index in [9.17, 15) is 12.8 Å². The molecule has 2 aromatic heterocycles. The van der Waals surface area contributed by atoms with Crippen LogP contribution in [-0.2, 0) is 16.6 Å². The van der Waals surface area contributed by atoms with Crippen LogP contribution >= 0.6 is 0 Å². The molecule has 10 nitrogen and oxygen atoms in total. The second kappa shape index (κ2) is 11.5. The minimum atomic E-state index is -3.64. The van der Waals surface area contributed by atoms with Gasteiger partial charge in [-0.1, -0.05) is 0 Å². The summed E-state index contributed by atoms with van der Waals surface area (Å²) in [5, 5.41) is 6.19. The summed E-state index contributed by atoms with van der Waals surface area (Å²) in [5.41, 5.74) is 2.41. The summed E-state index contributed by atoms with van der Waals surface area (Å²) < 4.78 is 41.3. The first-order valence-electron chi connectivity index (χ1n) is 12.7. The lowest BCUT2D eigenvalue weighted by Gasteiger charge is -2.36. The molecule has 0 aliphatic carbocycles. The third-order valence-corrected chi connectivity index (χ3v) is 8.70. The van der Waals surface area contributed by atoms with Crippen LogP contribution in [0.2, 0.25) is 0 Å². The fourth-order valence-corrected chi connectivity index (χ4v) is 6.02. The number of benzene rings is 2. The van der Waals surface area contributed by atoms with E-state index in [2.05, 4.69) is 35.5 Å². The van der Waals surface area contributed by atoms with E-state index in [1.165, 1.54) is 16.4 Å². The van der Waals surface area contributed by atoms with Crippen molar-refractivity contribution in [1.29, 1.82) is 0 Å². The van der Waals surface area contributed by atoms with Crippen molar-refractivity contribution in [3.63, 3.8) is 0 Å². The highest BCUT2D eigenvalue weighted by atomic mass is 32.2. The Morgan fingerprint density at radius 1 is 1.00 bits per heavy atom. The number of likely N-dealkylation sites (tertiary alicyclic amines) is 1. The number of imidazole rings is 1. The fourth-order valence-electron chi connectivity index (χ4n) is 4.61. The highest BCUT2D eigenvalue weighted by molar-refractivity contribution is 7.89. The van der Waals surface area contributed by atoms with Gasteiger partial charge in [0.15, 0.2) is 0 Å². The van der Waals surface area contributed by atoms with Crippen LogP contribution in [0.25, 0.3) is 0 Å². The summed E-state index contributed by atoms with van der Waals surface area (Å²) in [7, 11) is -1.98. The monoisotopic (exact) mass is 550 g/mol. The van der Waals surface area contributed by atoms with Gasteiger partial charge in [0.1, 0.15) is 17.5 Å². The number of aromatic amines is 1. The Kier molecular flexibility index (Phi) is 7.87. The van der Waals surface area contributed by atoms with E-state index in [4.69, 9.17) is 0 Å². The highest BCUT2D eigenvalue weighted by Crippen LogP contribution is 2.25. The maximum atomic E-state index is 13.3. The second-order valence-corrected chi connectivity index (χ2v) is 11.6. The minimum Gasteiger partial charge on any atom is -0.345 e. The molecule has 1 aliphatic heterocycles. The van der Waals surface area contributed by atoms with Gasteiger partial charge in [-0.2, -0.15) is 9.29 Å². The maximum Gasteiger partial charge on any atom is 0.243 e. The number of halogens is 1. The molecule has 0 atom stereocenters. The Labute approximate surface area is 227 Å². The summed E-state index contributed by atoms with van der Waals surface area (Å²) in [6.07, 6.45) is 4.98. The minimum absolute atomic E-state index is 0.0581. The fraction of sp³-hybridized carbons (Fsp3) is 0.296. The number of H-pyrrole nitrogens is 1. The summed E-state index contributed by atoms with van der Waals surface area (Å²) in [5.74, 6) is 1.45. The Morgan fingerprint density at radius 2 is 1.67 bits per heavy atom. The number of aromatic nitrogens is 4. The van der Waals surface area contributed by atoms with Crippen LogP contribution < -0.4 is 10.6 Å². The van der Waals surface area contributed by atoms with Gasteiger partial charge in [-0.15, -0.1) is 0 Å². The van der Waals surface area contributed by atoms with Crippen molar-refractivity contribution in [3.8, 4) is 0 Å². The molecule has 2 aromatic carbocycles. The molecule has 0 amide bonds. The molecule has 4 aromatic rings. The molecule has 204 valence electrons. The molecule has 5 rings (SSSR count). The first-order chi connectivity index (χ1) is 18.8. The Bertz CT molecular complexity index is 1500. The Morgan fingerprint density at radius 3 is 2.33 bits per heavy atom. The predicted molar refractivity (Wildman–Crippen MR) is 148 cm³/mol. The van der Waals surface area contributed by atoms with Gasteiger partial charge in [0.2, 0.25) is 16.0 Å². The van der Waals surface area contributed by atoms with Crippen molar-refractivity contribution in [2.45, 2.75) is 37.2 Å². The van der Waals surface area contributed by atoms with E-state index >= 15 is 0 Å². The van der Waals surface area contributed by atoms with Crippen molar-refractivity contribution in [3.05, 3.63) is 84.3 Å². The molecule has 0 bridgehead atoms. The molecule has 1 saturated heterocycles. The van der Waals surface area contributed by atoms with E-state index in [1.807, 2.05) is 13.1 Å². The molecule has 1 fully saturated rings. The standard InChI is InChI=1S/C27H31FN8O2S/c1-19-30-17-23(31-19)18-36-15-12-24(13-16-36)35(2)39(37,38)25-9-7-22(8-10-25)33-27-29-14-11-26(34-27)32-21-5-3-20(28)4-6-21/h3-11,14,17,24H,12-13,15-16,18H2,1-2H3,(H,30,31)(H2,29,32,33,34). The Hall–Kier alpha value is -3.87. The zero-order valence-electron chi connectivity index (χ0n) is 21.8.